The second kappa shape index (κ2) is 7.29. The lowest BCUT2D eigenvalue weighted by atomic mass is 9.69. The Balaban J connectivity index is 4.87. The number of rotatable bonds is 8. The van der Waals surface area contributed by atoms with E-state index in [1.165, 1.54) is 0 Å². The molecule has 0 atom stereocenters. The molecule has 0 radical (unpaired) electrons. The van der Waals surface area contributed by atoms with E-state index in [1.807, 2.05) is 7.11 Å². The summed E-state index contributed by atoms with van der Waals surface area (Å²) in [5, 5.41) is 0. The van der Waals surface area contributed by atoms with E-state index < -0.39 is 0 Å². The summed E-state index contributed by atoms with van der Waals surface area (Å²) in [6.45, 7) is 18.0. The van der Waals surface area contributed by atoms with Gasteiger partial charge in [0.25, 0.3) is 0 Å². The fourth-order valence-corrected chi connectivity index (χ4v) is 2.54. The molecule has 0 N–H and O–H groups in total. The van der Waals surface area contributed by atoms with Gasteiger partial charge in [-0.3, -0.25) is 0 Å². The number of methoxy groups -OCH3 is 1. The van der Waals surface area contributed by atoms with Crippen LogP contribution in [0.2, 0.25) is 0 Å². The molecule has 0 aromatic heterocycles. The maximum atomic E-state index is 5.49. The summed E-state index contributed by atoms with van der Waals surface area (Å²) in [5.74, 6) is 1.29. The van der Waals surface area contributed by atoms with Crippen LogP contribution in [0.5, 0.6) is 0 Å². The summed E-state index contributed by atoms with van der Waals surface area (Å²) in [6, 6.07) is 0. The molecule has 0 saturated carbocycles. The van der Waals surface area contributed by atoms with E-state index in [4.69, 9.17) is 4.74 Å². The molecule has 0 aliphatic heterocycles. The van der Waals surface area contributed by atoms with E-state index in [-0.39, 0.29) is 5.41 Å². The SMILES string of the molecule is CCN(CC)CC(COC)(C(C)C)C(C)C. The van der Waals surface area contributed by atoms with Crippen LogP contribution in [-0.4, -0.2) is 38.3 Å². The molecule has 0 rings (SSSR count). The van der Waals surface area contributed by atoms with Gasteiger partial charge in [0.05, 0.1) is 6.61 Å². The van der Waals surface area contributed by atoms with Crippen molar-refractivity contribution in [1.82, 2.24) is 4.90 Å². The van der Waals surface area contributed by atoms with Crippen molar-refractivity contribution < 1.29 is 4.74 Å². The van der Waals surface area contributed by atoms with Gasteiger partial charge in [-0.05, 0) is 24.9 Å². The standard InChI is InChI=1S/C14H31NO/c1-8-15(9-2)10-14(11-16-7,12(3)4)13(5)6/h12-13H,8-11H2,1-7H3. The first-order chi connectivity index (χ1) is 7.44. The molecule has 0 aromatic rings. The monoisotopic (exact) mass is 229 g/mol. The minimum absolute atomic E-state index is 0.279. The fraction of sp³-hybridized carbons (Fsp3) is 1.00. The molecule has 0 aliphatic carbocycles. The van der Waals surface area contributed by atoms with Gasteiger partial charge in [0, 0.05) is 19.1 Å². The van der Waals surface area contributed by atoms with Gasteiger partial charge in [-0.25, -0.2) is 0 Å². The molecule has 0 heterocycles. The molecule has 16 heavy (non-hydrogen) atoms. The highest BCUT2D eigenvalue weighted by Gasteiger charge is 2.38. The molecule has 0 aromatic carbocycles. The largest absolute Gasteiger partial charge is 0.384 e. The van der Waals surface area contributed by atoms with E-state index in [0.717, 1.165) is 26.2 Å². The second-order valence-corrected chi connectivity index (χ2v) is 5.44. The van der Waals surface area contributed by atoms with Crippen molar-refractivity contribution in [1.29, 1.82) is 0 Å². The van der Waals surface area contributed by atoms with Gasteiger partial charge in [0.2, 0.25) is 0 Å². The zero-order valence-corrected chi connectivity index (χ0v) is 12.3. The van der Waals surface area contributed by atoms with Gasteiger partial charge in [-0.15, -0.1) is 0 Å². The first-order valence-electron chi connectivity index (χ1n) is 6.65. The zero-order chi connectivity index (χ0) is 12.8. The smallest absolute Gasteiger partial charge is 0.0535 e. The Bertz CT molecular complexity index is 166. The molecule has 2 heteroatoms. The van der Waals surface area contributed by atoms with Crippen LogP contribution in [0, 0.1) is 17.3 Å². The summed E-state index contributed by atoms with van der Waals surface area (Å²) >= 11 is 0. The fourth-order valence-electron chi connectivity index (χ4n) is 2.54. The minimum atomic E-state index is 0.279. The average molecular weight is 229 g/mol. The molecule has 0 saturated heterocycles. The summed E-state index contributed by atoms with van der Waals surface area (Å²) < 4.78 is 5.49. The molecule has 0 spiro atoms. The van der Waals surface area contributed by atoms with Gasteiger partial charge in [-0.1, -0.05) is 41.5 Å². The average Bonchev–Trinajstić information content (AvgIpc) is 2.23. The topological polar surface area (TPSA) is 12.5 Å². The van der Waals surface area contributed by atoms with Crippen molar-refractivity contribution >= 4 is 0 Å². The lowest BCUT2D eigenvalue weighted by molar-refractivity contribution is -0.0211. The maximum Gasteiger partial charge on any atom is 0.0535 e. The van der Waals surface area contributed by atoms with Crippen LogP contribution in [0.1, 0.15) is 41.5 Å². The third-order valence-corrected chi connectivity index (χ3v) is 4.13. The van der Waals surface area contributed by atoms with Crippen molar-refractivity contribution in [3.63, 3.8) is 0 Å². The first kappa shape index (κ1) is 15.9. The molecular weight excluding hydrogens is 198 g/mol. The highest BCUT2D eigenvalue weighted by atomic mass is 16.5. The lowest BCUT2D eigenvalue weighted by Crippen LogP contribution is -2.47. The first-order valence-corrected chi connectivity index (χ1v) is 6.65. The molecule has 0 amide bonds. The van der Waals surface area contributed by atoms with E-state index in [1.54, 1.807) is 0 Å². The predicted molar refractivity (Wildman–Crippen MR) is 71.8 cm³/mol. The highest BCUT2D eigenvalue weighted by Crippen LogP contribution is 2.37. The predicted octanol–water partition coefficient (Wildman–Crippen LogP) is 3.27. The van der Waals surface area contributed by atoms with E-state index >= 15 is 0 Å². The molecule has 0 aliphatic rings. The summed E-state index contributed by atoms with van der Waals surface area (Å²) in [5.41, 5.74) is 0.279. The Morgan fingerprint density at radius 1 is 1.00 bits per heavy atom. The van der Waals surface area contributed by atoms with Crippen LogP contribution >= 0.6 is 0 Å². The van der Waals surface area contributed by atoms with Crippen molar-refractivity contribution in [2.24, 2.45) is 17.3 Å². The Morgan fingerprint density at radius 2 is 1.44 bits per heavy atom. The minimum Gasteiger partial charge on any atom is -0.384 e. The zero-order valence-electron chi connectivity index (χ0n) is 12.3. The van der Waals surface area contributed by atoms with Gasteiger partial charge >= 0.3 is 0 Å². The second-order valence-electron chi connectivity index (χ2n) is 5.44. The summed E-state index contributed by atoms with van der Waals surface area (Å²) in [7, 11) is 1.82. The number of hydrogen-bond acceptors (Lipinski definition) is 2. The van der Waals surface area contributed by atoms with Crippen molar-refractivity contribution in [2.45, 2.75) is 41.5 Å². The molecule has 98 valence electrons. The maximum absolute atomic E-state index is 5.49. The van der Waals surface area contributed by atoms with Crippen LogP contribution in [0.15, 0.2) is 0 Å². The Kier molecular flexibility index (Phi) is 7.25. The van der Waals surface area contributed by atoms with Crippen LogP contribution in [0.4, 0.5) is 0 Å². The van der Waals surface area contributed by atoms with Crippen molar-refractivity contribution in [3.05, 3.63) is 0 Å². The van der Waals surface area contributed by atoms with E-state index in [9.17, 15) is 0 Å². The summed E-state index contributed by atoms with van der Waals surface area (Å²) in [4.78, 5) is 2.51. The Morgan fingerprint density at radius 3 is 1.69 bits per heavy atom. The summed E-state index contributed by atoms with van der Waals surface area (Å²) in [6.07, 6.45) is 0. The van der Waals surface area contributed by atoms with Crippen molar-refractivity contribution in [2.75, 3.05) is 33.4 Å². The van der Waals surface area contributed by atoms with E-state index in [2.05, 4.69) is 46.4 Å². The Hall–Kier alpha value is -0.0800. The Labute approximate surface area is 102 Å². The normalized spacial score (nSPS) is 13.1. The number of hydrogen-bond donors (Lipinski definition) is 0. The van der Waals surface area contributed by atoms with Gasteiger partial charge in [0.15, 0.2) is 0 Å². The number of ether oxygens (including phenoxy) is 1. The van der Waals surface area contributed by atoms with Gasteiger partial charge in [-0.2, -0.15) is 0 Å². The molecule has 0 unspecified atom stereocenters. The highest BCUT2D eigenvalue weighted by molar-refractivity contribution is 4.88. The van der Waals surface area contributed by atoms with E-state index in [0.29, 0.717) is 11.8 Å². The van der Waals surface area contributed by atoms with Crippen LogP contribution in [-0.2, 0) is 4.74 Å². The molecule has 0 fully saturated rings. The van der Waals surface area contributed by atoms with Crippen molar-refractivity contribution in [3.8, 4) is 0 Å². The van der Waals surface area contributed by atoms with Crippen LogP contribution in [0.25, 0.3) is 0 Å². The molecule has 0 bridgehead atoms. The third kappa shape index (κ3) is 3.74. The number of nitrogens with zero attached hydrogens (tertiary/aromatic N) is 1. The van der Waals surface area contributed by atoms with Gasteiger partial charge in [0.1, 0.15) is 0 Å². The van der Waals surface area contributed by atoms with Gasteiger partial charge < -0.3 is 9.64 Å². The lowest BCUT2D eigenvalue weighted by Gasteiger charge is -2.44. The molecular formula is C14H31NO. The third-order valence-electron chi connectivity index (χ3n) is 4.13. The van der Waals surface area contributed by atoms with Crippen LogP contribution in [0.3, 0.4) is 0 Å². The quantitative estimate of drug-likeness (QED) is 0.633. The van der Waals surface area contributed by atoms with Crippen LogP contribution < -0.4 is 0 Å². The molecule has 2 nitrogen and oxygen atoms in total.